The van der Waals surface area contributed by atoms with Gasteiger partial charge in [-0.2, -0.15) is 0 Å². The van der Waals surface area contributed by atoms with Crippen LogP contribution in [0.1, 0.15) is 53.4 Å². The molecule has 0 radical (unpaired) electrons. The van der Waals surface area contributed by atoms with Crippen molar-refractivity contribution < 1.29 is 19.8 Å². The topological polar surface area (TPSA) is 112 Å². The molecular formula is C23H27N3O4. The minimum Gasteiger partial charge on any atom is -0.511 e. The summed E-state index contributed by atoms with van der Waals surface area (Å²) in [6.07, 6.45) is 4.20. The Labute approximate surface area is 176 Å². The van der Waals surface area contributed by atoms with E-state index < -0.39 is 0 Å². The van der Waals surface area contributed by atoms with Gasteiger partial charge in [0.1, 0.15) is 11.5 Å². The predicted octanol–water partition coefficient (Wildman–Crippen LogP) is 4.89. The summed E-state index contributed by atoms with van der Waals surface area (Å²) in [7, 11) is 0. The van der Waals surface area contributed by atoms with E-state index in [0.717, 1.165) is 0 Å². The fourth-order valence-corrected chi connectivity index (χ4v) is 3.71. The Morgan fingerprint density at radius 1 is 0.800 bits per heavy atom. The van der Waals surface area contributed by atoms with E-state index in [2.05, 4.69) is 15.0 Å². The van der Waals surface area contributed by atoms with Crippen LogP contribution in [-0.2, 0) is 9.59 Å². The molecule has 1 aromatic rings. The Hall–Kier alpha value is -3.09. The zero-order valence-corrected chi connectivity index (χ0v) is 17.8. The molecular weight excluding hydrogens is 382 g/mol. The third-order valence-electron chi connectivity index (χ3n) is 5.16. The van der Waals surface area contributed by atoms with Gasteiger partial charge in [0.05, 0.1) is 11.1 Å². The lowest BCUT2D eigenvalue weighted by molar-refractivity contribution is -0.118. The van der Waals surface area contributed by atoms with Gasteiger partial charge in [-0.1, -0.05) is 33.8 Å². The van der Waals surface area contributed by atoms with Crippen molar-refractivity contribution in [3.05, 3.63) is 40.9 Å². The van der Waals surface area contributed by atoms with Crippen LogP contribution >= 0.6 is 0 Å². The number of aliphatic hydroxyl groups excluding tert-OH is 2. The van der Waals surface area contributed by atoms with Gasteiger partial charge in [0.15, 0.2) is 23.2 Å². The lowest BCUT2D eigenvalue weighted by Crippen LogP contribution is -2.26. The molecule has 0 saturated carbocycles. The van der Waals surface area contributed by atoms with Crippen LogP contribution < -0.4 is 0 Å². The van der Waals surface area contributed by atoms with Crippen LogP contribution in [0.2, 0.25) is 0 Å². The summed E-state index contributed by atoms with van der Waals surface area (Å²) < 4.78 is 0. The zero-order valence-electron chi connectivity index (χ0n) is 17.8. The summed E-state index contributed by atoms with van der Waals surface area (Å²) in [5.74, 6) is 0.407. The summed E-state index contributed by atoms with van der Waals surface area (Å²) in [5.41, 5.74) is -0.125. The smallest absolute Gasteiger partial charge is 0.168 e. The fourth-order valence-electron chi connectivity index (χ4n) is 3.71. The highest BCUT2D eigenvalue weighted by atomic mass is 16.3. The van der Waals surface area contributed by atoms with Crippen LogP contribution in [0.25, 0.3) is 0 Å². The van der Waals surface area contributed by atoms with Gasteiger partial charge in [-0.15, -0.1) is 0 Å². The van der Waals surface area contributed by atoms with Crippen LogP contribution in [0.5, 0.6) is 0 Å². The van der Waals surface area contributed by atoms with E-state index in [-0.39, 0.29) is 45.1 Å². The third-order valence-corrected chi connectivity index (χ3v) is 5.16. The molecule has 158 valence electrons. The first kappa shape index (κ1) is 21.6. The second-order valence-electron chi connectivity index (χ2n) is 9.47. The standard InChI is InChI=1S/C23H27N3O4/c1-22(2)8-16(27)14(17(28)9-22)12-24-20-6-5-7-21(26-20)25-13-15-18(29)10-23(3,4)11-19(15)30/h5-7,12-13,27,29H,8-11H2,1-4H3. The lowest BCUT2D eigenvalue weighted by Gasteiger charge is -2.28. The number of aliphatic imine (C=N–C) groups is 2. The quantitative estimate of drug-likeness (QED) is 0.688. The van der Waals surface area contributed by atoms with Crippen molar-refractivity contribution in [2.45, 2.75) is 53.4 Å². The molecule has 0 amide bonds. The molecule has 1 heterocycles. The van der Waals surface area contributed by atoms with Gasteiger partial charge >= 0.3 is 0 Å². The number of pyridine rings is 1. The molecule has 2 N–H and O–H groups in total. The number of hydrogen-bond donors (Lipinski definition) is 2. The maximum atomic E-state index is 12.3. The lowest BCUT2D eigenvalue weighted by atomic mass is 9.77. The van der Waals surface area contributed by atoms with Crippen LogP contribution in [-0.4, -0.2) is 39.2 Å². The van der Waals surface area contributed by atoms with Crippen molar-refractivity contribution in [3.63, 3.8) is 0 Å². The molecule has 0 spiro atoms. The van der Waals surface area contributed by atoms with Crippen molar-refractivity contribution >= 4 is 35.6 Å². The zero-order chi connectivity index (χ0) is 22.1. The summed E-state index contributed by atoms with van der Waals surface area (Å²) in [6.45, 7) is 7.74. The average molecular weight is 409 g/mol. The first-order valence-electron chi connectivity index (χ1n) is 9.92. The largest absolute Gasteiger partial charge is 0.511 e. The molecule has 0 bridgehead atoms. The molecule has 0 fully saturated rings. The van der Waals surface area contributed by atoms with Crippen molar-refractivity contribution in [2.75, 3.05) is 0 Å². The molecule has 2 aliphatic rings. The predicted molar refractivity (Wildman–Crippen MR) is 116 cm³/mol. The number of carbonyl (C=O) groups excluding carboxylic acids is 2. The maximum Gasteiger partial charge on any atom is 0.168 e. The Morgan fingerprint density at radius 3 is 1.57 bits per heavy atom. The van der Waals surface area contributed by atoms with Gasteiger partial charge in [-0.05, 0) is 23.0 Å². The van der Waals surface area contributed by atoms with E-state index in [0.29, 0.717) is 37.3 Å². The number of carbonyl (C=O) groups is 2. The van der Waals surface area contributed by atoms with Gasteiger partial charge in [-0.3, -0.25) is 9.59 Å². The summed E-state index contributed by atoms with van der Waals surface area (Å²) >= 11 is 0. The van der Waals surface area contributed by atoms with Gasteiger partial charge in [0.25, 0.3) is 0 Å². The number of nitrogens with zero attached hydrogens (tertiary/aromatic N) is 3. The highest BCUT2D eigenvalue weighted by molar-refractivity contribution is 6.15. The van der Waals surface area contributed by atoms with Crippen LogP contribution in [0, 0.1) is 10.8 Å². The van der Waals surface area contributed by atoms with Crippen LogP contribution in [0.4, 0.5) is 11.6 Å². The summed E-state index contributed by atoms with van der Waals surface area (Å²) in [6, 6.07) is 5.00. The van der Waals surface area contributed by atoms with Crippen LogP contribution in [0.3, 0.4) is 0 Å². The minimum atomic E-state index is -0.266. The number of aromatic nitrogens is 1. The van der Waals surface area contributed by atoms with Crippen molar-refractivity contribution in [1.82, 2.24) is 4.98 Å². The Bertz CT molecular complexity index is 936. The van der Waals surface area contributed by atoms with E-state index in [1.807, 2.05) is 27.7 Å². The maximum absolute atomic E-state index is 12.3. The van der Waals surface area contributed by atoms with Crippen molar-refractivity contribution in [2.24, 2.45) is 20.8 Å². The van der Waals surface area contributed by atoms with Gasteiger partial charge in [0, 0.05) is 38.1 Å². The number of rotatable bonds is 4. The number of Topliss-reactive ketones (excluding diaryl/α,β-unsaturated/α-hetero) is 2. The van der Waals surface area contributed by atoms with Crippen LogP contribution in [0.15, 0.2) is 50.8 Å². The monoisotopic (exact) mass is 409 g/mol. The molecule has 7 nitrogen and oxygen atoms in total. The van der Waals surface area contributed by atoms with Crippen molar-refractivity contribution in [1.29, 1.82) is 0 Å². The first-order valence-corrected chi connectivity index (χ1v) is 9.92. The third kappa shape index (κ3) is 5.09. The first-order chi connectivity index (χ1) is 14.0. The molecule has 3 rings (SSSR count). The van der Waals surface area contributed by atoms with Gasteiger partial charge < -0.3 is 10.2 Å². The number of aliphatic hydroxyl groups is 2. The molecule has 7 heteroatoms. The fraction of sp³-hybridized carbons (Fsp3) is 0.435. The van der Waals surface area contributed by atoms with E-state index in [9.17, 15) is 19.8 Å². The van der Waals surface area contributed by atoms with Gasteiger partial charge in [0.2, 0.25) is 0 Å². The molecule has 1 aromatic heterocycles. The number of allylic oxidation sites excluding steroid dienone is 4. The van der Waals surface area contributed by atoms with E-state index in [1.54, 1.807) is 18.2 Å². The Morgan fingerprint density at radius 2 is 1.20 bits per heavy atom. The summed E-state index contributed by atoms with van der Waals surface area (Å²) in [4.78, 5) is 37.2. The molecule has 0 aliphatic heterocycles. The minimum absolute atomic E-state index is 0.0373. The Balaban J connectivity index is 1.79. The van der Waals surface area contributed by atoms with E-state index in [1.165, 1.54) is 12.4 Å². The molecule has 2 aliphatic carbocycles. The molecule has 30 heavy (non-hydrogen) atoms. The molecule has 0 unspecified atom stereocenters. The summed E-state index contributed by atoms with van der Waals surface area (Å²) in [5, 5.41) is 20.4. The molecule has 0 saturated heterocycles. The second-order valence-corrected chi connectivity index (χ2v) is 9.47. The average Bonchev–Trinajstić information content (AvgIpc) is 2.58. The van der Waals surface area contributed by atoms with E-state index >= 15 is 0 Å². The second kappa shape index (κ2) is 7.97. The number of ketones is 2. The van der Waals surface area contributed by atoms with Gasteiger partial charge in [-0.25, -0.2) is 15.0 Å². The molecule has 0 atom stereocenters. The highest BCUT2D eigenvalue weighted by Crippen LogP contribution is 2.36. The molecule has 0 aromatic carbocycles. The Kier molecular flexibility index (Phi) is 5.74. The van der Waals surface area contributed by atoms with Crippen molar-refractivity contribution in [3.8, 4) is 0 Å². The van der Waals surface area contributed by atoms with E-state index in [4.69, 9.17) is 0 Å². The highest BCUT2D eigenvalue weighted by Gasteiger charge is 2.33. The SMILES string of the molecule is CC1(C)CC(=O)C(C=Nc2cccc(N=CC3=C(O)CC(C)(C)CC3=O)n2)=C(O)C1. The normalized spacial score (nSPS) is 21.9. The number of hydrogen-bond acceptors (Lipinski definition) is 7.